The number of hydrogen-bond donors (Lipinski definition) is 1. The molecule has 0 aliphatic carbocycles. The van der Waals surface area contributed by atoms with Gasteiger partial charge in [-0.25, -0.2) is 4.39 Å². The Morgan fingerprint density at radius 2 is 1.97 bits per heavy atom. The van der Waals surface area contributed by atoms with Crippen molar-refractivity contribution in [1.29, 1.82) is 0 Å². The molecule has 152 valence electrons. The van der Waals surface area contributed by atoms with Crippen molar-refractivity contribution < 1.29 is 14.0 Å². The van der Waals surface area contributed by atoms with Crippen molar-refractivity contribution in [2.24, 2.45) is 7.05 Å². The average molecular weight is 444 g/mol. The van der Waals surface area contributed by atoms with Crippen LogP contribution in [-0.4, -0.2) is 22.9 Å². The minimum atomic E-state index is -0.578. The molecule has 0 saturated carbocycles. The van der Waals surface area contributed by atoms with Gasteiger partial charge in [-0.05, 0) is 54.6 Å². The second-order valence-electron chi connectivity index (χ2n) is 6.83. The lowest BCUT2D eigenvalue weighted by Crippen LogP contribution is -2.35. The average Bonchev–Trinajstić information content (AvgIpc) is 3.21. The molecule has 1 aliphatic heterocycles. The van der Waals surface area contributed by atoms with Crippen LogP contribution in [0.15, 0.2) is 54.7 Å². The number of hydrogen-bond acceptors (Lipinski definition) is 2. The van der Waals surface area contributed by atoms with Crippen LogP contribution in [0.25, 0.3) is 11.6 Å². The SMILES string of the molecule is Cn1cccc1/C=C1/C(=O)N(CC(=O)Nc2ccc(F)c(Cl)c2)c2ccc(Cl)cc21. The van der Waals surface area contributed by atoms with Crippen molar-refractivity contribution in [2.75, 3.05) is 16.8 Å². The van der Waals surface area contributed by atoms with E-state index in [9.17, 15) is 14.0 Å². The third-order valence-corrected chi connectivity index (χ3v) is 5.32. The number of carbonyl (C=O) groups excluding carboxylic acids is 2. The molecule has 5 nitrogen and oxygen atoms in total. The van der Waals surface area contributed by atoms with E-state index in [-0.39, 0.29) is 17.5 Å². The van der Waals surface area contributed by atoms with E-state index in [0.717, 1.165) is 11.8 Å². The van der Waals surface area contributed by atoms with E-state index < -0.39 is 11.7 Å². The van der Waals surface area contributed by atoms with Crippen LogP contribution in [0.4, 0.5) is 15.8 Å². The number of halogens is 3. The predicted octanol–water partition coefficient (Wildman–Crippen LogP) is 5.00. The Kier molecular flexibility index (Phi) is 5.37. The van der Waals surface area contributed by atoms with Gasteiger partial charge in [0.05, 0.1) is 16.3 Å². The van der Waals surface area contributed by atoms with Gasteiger partial charge in [-0.15, -0.1) is 0 Å². The predicted molar refractivity (Wildman–Crippen MR) is 117 cm³/mol. The molecular formula is C22H16Cl2FN3O2. The lowest BCUT2D eigenvalue weighted by atomic mass is 10.1. The molecule has 30 heavy (non-hydrogen) atoms. The monoisotopic (exact) mass is 443 g/mol. The van der Waals surface area contributed by atoms with Gasteiger partial charge in [-0.2, -0.15) is 0 Å². The first-order chi connectivity index (χ1) is 14.3. The molecule has 8 heteroatoms. The molecule has 1 N–H and O–H groups in total. The number of nitrogens with zero attached hydrogens (tertiary/aromatic N) is 2. The summed E-state index contributed by atoms with van der Waals surface area (Å²) in [4.78, 5) is 27.1. The fourth-order valence-corrected chi connectivity index (χ4v) is 3.67. The number of rotatable bonds is 4. The number of carbonyl (C=O) groups is 2. The number of amides is 2. The number of aromatic nitrogens is 1. The highest BCUT2D eigenvalue weighted by atomic mass is 35.5. The summed E-state index contributed by atoms with van der Waals surface area (Å²) in [7, 11) is 1.88. The first-order valence-corrected chi connectivity index (χ1v) is 9.79. The maximum Gasteiger partial charge on any atom is 0.259 e. The lowest BCUT2D eigenvalue weighted by molar-refractivity contribution is -0.118. The van der Waals surface area contributed by atoms with Crippen LogP contribution < -0.4 is 10.2 Å². The molecule has 1 aliphatic rings. The van der Waals surface area contributed by atoms with Crippen molar-refractivity contribution in [3.05, 3.63) is 81.8 Å². The highest BCUT2D eigenvalue weighted by Gasteiger charge is 2.34. The van der Waals surface area contributed by atoms with Crippen LogP contribution in [0.1, 0.15) is 11.3 Å². The normalized spacial score (nSPS) is 14.3. The Labute approximate surface area is 182 Å². The molecule has 2 heterocycles. The summed E-state index contributed by atoms with van der Waals surface area (Å²) < 4.78 is 15.2. The van der Waals surface area contributed by atoms with Crippen LogP contribution in [0.5, 0.6) is 0 Å². The molecule has 0 unspecified atom stereocenters. The third-order valence-electron chi connectivity index (χ3n) is 4.80. The highest BCUT2D eigenvalue weighted by Crippen LogP contribution is 2.39. The maximum absolute atomic E-state index is 13.3. The quantitative estimate of drug-likeness (QED) is 0.576. The Morgan fingerprint density at radius 1 is 1.17 bits per heavy atom. The summed E-state index contributed by atoms with van der Waals surface area (Å²) in [6, 6.07) is 12.7. The Bertz CT molecular complexity index is 1200. The molecular weight excluding hydrogens is 428 g/mol. The molecule has 2 aromatic carbocycles. The van der Waals surface area contributed by atoms with Gasteiger partial charge in [0.15, 0.2) is 0 Å². The second-order valence-corrected chi connectivity index (χ2v) is 7.68. The van der Waals surface area contributed by atoms with Gasteiger partial charge in [0, 0.05) is 35.2 Å². The van der Waals surface area contributed by atoms with Crippen LogP contribution in [0.3, 0.4) is 0 Å². The molecule has 4 rings (SSSR count). The van der Waals surface area contributed by atoms with Gasteiger partial charge in [0.25, 0.3) is 5.91 Å². The first-order valence-electron chi connectivity index (χ1n) is 9.03. The molecule has 0 fully saturated rings. The fourth-order valence-electron chi connectivity index (χ4n) is 3.32. The van der Waals surface area contributed by atoms with E-state index in [1.54, 1.807) is 24.3 Å². The Hall–Kier alpha value is -3.09. The van der Waals surface area contributed by atoms with Gasteiger partial charge in [-0.3, -0.25) is 14.5 Å². The minimum absolute atomic E-state index is 0.0992. The largest absolute Gasteiger partial charge is 0.351 e. The standard InChI is InChI=1S/C22H16Cl2FN3O2/c1-27-8-2-3-15(27)11-17-16-9-13(23)4-7-20(16)28(22(17)30)12-21(29)26-14-5-6-19(25)18(24)10-14/h2-11H,12H2,1H3,(H,26,29)/b17-11+. The summed E-state index contributed by atoms with van der Waals surface area (Å²) in [5.74, 6) is -1.32. The molecule has 0 bridgehead atoms. The minimum Gasteiger partial charge on any atom is -0.351 e. The molecule has 0 radical (unpaired) electrons. The zero-order valence-electron chi connectivity index (χ0n) is 15.8. The van der Waals surface area contributed by atoms with Crippen molar-refractivity contribution in [3.63, 3.8) is 0 Å². The van der Waals surface area contributed by atoms with E-state index in [1.807, 2.05) is 29.9 Å². The van der Waals surface area contributed by atoms with Crippen molar-refractivity contribution >= 4 is 58.0 Å². The highest BCUT2D eigenvalue weighted by molar-refractivity contribution is 6.38. The zero-order chi connectivity index (χ0) is 21.4. The number of anilines is 2. The third kappa shape index (κ3) is 3.84. The van der Waals surface area contributed by atoms with Gasteiger partial charge >= 0.3 is 0 Å². The van der Waals surface area contributed by atoms with Crippen LogP contribution in [0.2, 0.25) is 10.0 Å². The van der Waals surface area contributed by atoms with Crippen molar-refractivity contribution in [2.45, 2.75) is 0 Å². The summed E-state index contributed by atoms with van der Waals surface area (Å²) in [5.41, 5.74) is 2.89. The number of fused-ring (bicyclic) bond motifs is 1. The first kappa shape index (κ1) is 20.2. The van der Waals surface area contributed by atoms with Crippen molar-refractivity contribution in [1.82, 2.24) is 4.57 Å². The summed E-state index contributed by atoms with van der Waals surface area (Å²) in [5, 5.41) is 3.03. The maximum atomic E-state index is 13.3. The van der Waals surface area contributed by atoms with E-state index >= 15 is 0 Å². The zero-order valence-corrected chi connectivity index (χ0v) is 17.3. The smallest absolute Gasteiger partial charge is 0.259 e. The van der Waals surface area contributed by atoms with Crippen LogP contribution in [0, 0.1) is 5.82 Å². The number of aryl methyl sites for hydroxylation is 1. The van der Waals surface area contributed by atoms with E-state index in [4.69, 9.17) is 23.2 Å². The van der Waals surface area contributed by atoms with Crippen molar-refractivity contribution in [3.8, 4) is 0 Å². The fraction of sp³-hybridized carbons (Fsp3) is 0.0909. The molecule has 0 spiro atoms. The molecule has 0 saturated heterocycles. The second kappa shape index (κ2) is 7.97. The van der Waals surface area contributed by atoms with Crippen LogP contribution >= 0.6 is 23.2 Å². The van der Waals surface area contributed by atoms with Gasteiger partial charge in [-0.1, -0.05) is 23.2 Å². The molecule has 1 aromatic heterocycles. The molecule has 2 amide bonds. The Balaban J connectivity index is 1.63. The van der Waals surface area contributed by atoms with E-state index in [1.165, 1.54) is 17.0 Å². The summed E-state index contributed by atoms with van der Waals surface area (Å²) in [6.45, 7) is -0.215. The summed E-state index contributed by atoms with van der Waals surface area (Å²) in [6.07, 6.45) is 3.65. The molecule has 0 atom stereocenters. The van der Waals surface area contributed by atoms with Gasteiger partial charge in [0.2, 0.25) is 5.91 Å². The topological polar surface area (TPSA) is 54.3 Å². The van der Waals surface area contributed by atoms with E-state index in [2.05, 4.69) is 5.32 Å². The number of benzene rings is 2. The Morgan fingerprint density at radius 3 is 2.67 bits per heavy atom. The lowest BCUT2D eigenvalue weighted by Gasteiger charge is -2.17. The number of nitrogens with one attached hydrogen (secondary N) is 1. The molecule has 3 aromatic rings. The summed E-state index contributed by atoms with van der Waals surface area (Å²) >= 11 is 11.9. The van der Waals surface area contributed by atoms with E-state index in [0.29, 0.717) is 27.5 Å². The van der Waals surface area contributed by atoms with Gasteiger partial charge in [0.1, 0.15) is 12.4 Å². The van der Waals surface area contributed by atoms with Gasteiger partial charge < -0.3 is 9.88 Å². The van der Waals surface area contributed by atoms with Crippen LogP contribution in [-0.2, 0) is 16.6 Å².